The Morgan fingerprint density at radius 3 is 2.53 bits per heavy atom. The zero-order valence-electron chi connectivity index (χ0n) is 8.86. The van der Waals surface area contributed by atoms with Crippen molar-refractivity contribution >= 4 is 5.97 Å². The summed E-state index contributed by atoms with van der Waals surface area (Å²) in [6, 6.07) is 0. The van der Waals surface area contributed by atoms with E-state index in [-0.39, 0.29) is 6.61 Å². The van der Waals surface area contributed by atoms with Crippen molar-refractivity contribution in [3.8, 4) is 0 Å². The molecule has 0 amide bonds. The minimum absolute atomic E-state index is 0.0268. The van der Waals surface area contributed by atoms with Crippen LogP contribution in [0.5, 0.6) is 0 Å². The van der Waals surface area contributed by atoms with Crippen molar-refractivity contribution in [3.63, 3.8) is 0 Å². The first-order chi connectivity index (χ1) is 6.67. The van der Waals surface area contributed by atoms with Crippen molar-refractivity contribution in [1.29, 1.82) is 0 Å². The number of hydrogen-bond acceptors (Lipinski definition) is 4. The third-order valence-corrected chi connectivity index (χ3v) is 2.36. The molecular weight excluding hydrogens is 207 g/mol. The Hall–Kier alpha value is -0.720. The third kappa shape index (κ3) is 2.45. The Kier molecular flexibility index (Phi) is 3.04. The van der Waals surface area contributed by atoms with Gasteiger partial charge in [-0.1, -0.05) is 0 Å². The Bertz CT molecular complexity index is 263. The molecule has 0 spiro atoms. The van der Waals surface area contributed by atoms with Crippen molar-refractivity contribution < 1.29 is 28.9 Å². The largest absolute Gasteiger partial charge is 0.479 e. The van der Waals surface area contributed by atoms with Crippen molar-refractivity contribution in [1.82, 2.24) is 0 Å². The zero-order chi connectivity index (χ0) is 11.9. The summed E-state index contributed by atoms with van der Waals surface area (Å²) in [4.78, 5) is 10.5. The molecule has 1 fully saturated rings. The van der Waals surface area contributed by atoms with Gasteiger partial charge in [-0.05, 0) is 20.8 Å². The Morgan fingerprint density at radius 1 is 1.67 bits per heavy atom. The lowest BCUT2D eigenvalue weighted by molar-refractivity contribution is -0.179. The van der Waals surface area contributed by atoms with Gasteiger partial charge >= 0.3 is 5.97 Å². The first-order valence-electron chi connectivity index (χ1n) is 4.59. The summed E-state index contributed by atoms with van der Waals surface area (Å²) in [6.45, 7) is 3.99. The van der Waals surface area contributed by atoms with Gasteiger partial charge in [0, 0.05) is 0 Å². The summed E-state index contributed by atoms with van der Waals surface area (Å²) in [6.07, 6.45) is -2.72. The minimum atomic E-state index is -2.74. The van der Waals surface area contributed by atoms with Crippen molar-refractivity contribution in [2.45, 2.75) is 44.4 Å². The first-order valence-corrected chi connectivity index (χ1v) is 4.59. The third-order valence-electron chi connectivity index (χ3n) is 2.36. The van der Waals surface area contributed by atoms with Crippen LogP contribution in [0.2, 0.25) is 0 Å². The molecule has 2 unspecified atom stereocenters. The molecule has 1 rings (SSSR count). The number of aliphatic hydroxyl groups excluding tert-OH is 1. The molecule has 2 N–H and O–H groups in total. The molecule has 0 saturated carbocycles. The number of alkyl halides is 1. The molecule has 6 heteroatoms. The molecule has 0 aromatic heterocycles. The molecule has 0 aromatic carbocycles. The molecular formula is C9H15FO5. The van der Waals surface area contributed by atoms with Crippen LogP contribution in [-0.4, -0.2) is 46.5 Å². The Balaban J connectivity index is 2.70. The van der Waals surface area contributed by atoms with Crippen molar-refractivity contribution in [2.75, 3.05) is 6.61 Å². The Labute approximate surface area is 86.8 Å². The van der Waals surface area contributed by atoms with Crippen LogP contribution < -0.4 is 0 Å². The van der Waals surface area contributed by atoms with Crippen LogP contribution >= 0.6 is 0 Å². The number of rotatable bonds is 3. The smallest absolute Gasteiger partial charge is 0.344 e. The molecule has 3 atom stereocenters. The second kappa shape index (κ2) is 3.70. The fraction of sp³-hybridized carbons (Fsp3) is 0.889. The van der Waals surface area contributed by atoms with Crippen LogP contribution in [-0.2, 0) is 14.3 Å². The maximum atomic E-state index is 13.5. The number of aliphatic carboxylic acids is 1. The normalized spacial score (nSPS) is 30.9. The van der Waals surface area contributed by atoms with Gasteiger partial charge in [0.25, 0.3) is 0 Å². The summed E-state index contributed by atoms with van der Waals surface area (Å²) in [5.74, 6) is -2.64. The number of ether oxygens (including phenoxy) is 2. The summed E-state index contributed by atoms with van der Waals surface area (Å²) >= 11 is 0. The fourth-order valence-electron chi connectivity index (χ4n) is 1.35. The molecule has 0 aliphatic carbocycles. The Morgan fingerprint density at radius 2 is 2.20 bits per heavy atom. The van der Waals surface area contributed by atoms with Crippen LogP contribution in [0.1, 0.15) is 20.8 Å². The standard InChI is InChI=1S/C9H15FO5/c1-8(2)14-4-5(15-8)6(11)9(3,10)7(12)13/h5-6,11H,4H2,1-3H3,(H,12,13)/t5?,6-,9?/m1/s1. The van der Waals surface area contributed by atoms with E-state index < -0.39 is 29.6 Å². The van der Waals surface area contributed by atoms with E-state index in [0.717, 1.165) is 6.92 Å². The number of hydrogen-bond donors (Lipinski definition) is 2. The van der Waals surface area contributed by atoms with Gasteiger partial charge in [0.05, 0.1) is 6.61 Å². The molecule has 0 radical (unpaired) electrons. The highest BCUT2D eigenvalue weighted by Gasteiger charge is 2.49. The SMILES string of the molecule is CC1(C)OCC([C@@H](O)C(C)(F)C(=O)O)O1. The quantitative estimate of drug-likeness (QED) is 0.718. The lowest BCUT2D eigenvalue weighted by Crippen LogP contribution is -2.50. The molecule has 1 aliphatic heterocycles. The molecule has 1 heterocycles. The van der Waals surface area contributed by atoms with E-state index in [4.69, 9.17) is 14.6 Å². The molecule has 0 bridgehead atoms. The summed E-state index contributed by atoms with van der Waals surface area (Å²) in [5, 5.41) is 18.1. The summed E-state index contributed by atoms with van der Waals surface area (Å²) in [5.41, 5.74) is -2.74. The predicted molar refractivity (Wildman–Crippen MR) is 48.1 cm³/mol. The van der Waals surface area contributed by atoms with Crippen LogP contribution in [0.3, 0.4) is 0 Å². The molecule has 15 heavy (non-hydrogen) atoms. The molecule has 5 nitrogen and oxygen atoms in total. The van der Waals surface area contributed by atoms with Gasteiger partial charge in [-0.25, -0.2) is 9.18 Å². The molecule has 1 aliphatic rings. The average molecular weight is 222 g/mol. The van der Waals surface area contributed by atoms with Crippen LogP contribution in [0, 0.1) is 0 Å². The van der Waals surface area contributed by atoms with E-state index in [2.05, 4.69) is 0 Å². The van der Waals surface area contributed by atoms with Crippen LogP contribution in [0.15, 0.2) is 0 Å². The maximum absolute atomic E-state index is 13.5. The molecule has 0 aromatic rings. The number of carboxylic acid groups (broad SMARTS) is 1. The van der Waals surface area contributed by atoms with E-state index in [1.165, 1.54) is 0 Å². The van der Waals surface area contributed by atoms with Crippen molar-refractivity contribution in [2.24, 2.45) is 0 Å². The summed E-state index contributed by atoms with van der Waals surface area (Å²) < 4.78 is 23.8. The second-order valence-corrected chi connectivity index (χ2v) is 4.19. The number of carbonyl (C=O) groups is 1. The van der Waals surface area contributed by atoms with Gasteiger partial charge in [-0.3, -0.25) is 0 Å². The zero-order valence-corrected chi connectivity index (χ0v) is 8.86. The maximum Gasteiger partial charge on any atom is 0.344 e. The second-order valence-electron chi connectivity index (χ2n) is 4.19. The van der Waals surface area contributed by atoms with E-state index in [9.17, 15) is 14.3 Å². The predicted octanol–water partition coefficient (Wildman–Crippen LogP) is 0.312. The van der Waals surface area contributed by atoms with E-state index in [1.807, 2.05) is 0 Å². The lowest BCUT2D eigenvalue weighted by atomic mass is 9.97. The summed E-state index contributed by atoms with van der Waals surface area (Å²) in [7, 11) is 0. The number of aliphatic hydroxyl groups is 1. The topological polar surface area (TPSA) is 76.0 Å². The highest BCUT2D eigenvalue weighted by atomic mass is 19.1. The highest BCUT2D eigenvalue weighted by Crippen LogP contribution is 2.29. The molecule has 1 saturated heterocycles. The lowest BCUT2D eigenvalue weighted by Gasteiger charge is -2.26. The van der Waals surface area contributed by atoms with Gasteiger partial charge in [0.1, 0.15) is 12.2 Å². The number of halogens is 1. The van der Waals surface area contributed by atoms with Gasteiger partial charge in [-0.15, -0.1) is 0 Å². The monoisotopic (exact) mass is 222 g/mol. The van der Waals surface area contributed by atoms with E-state index in [0.29, 0.717) is 0 Å². The minimum Gasteiger partial charge on any atom is -0.479 e. The van der Waals surface area contributed by atoms with Gasteiger partial charge < -0.3 is 19.7 Å². The van der Waals surface area contributed by atoms with E-state index in [1.54, 1.807) is 13.8 Å². The van der Waals surface area contributed by atoms with Gasteiger partial charge in [0.15, 0.2) is 5.79 Å². The number of carboxylic acids is 1. The fourth-order valence-corrected chi connectivity index (χ4v) is 1.35. The van der Waals surface area contributed by atoms with Gasteiger partial charge in [0.2, 0.25) is 5.67 Å². The average Bonchev–Trinajstić information content (AvgIpc) is 2.44. The van der Waals surface area contributed by atoms with Crippen LogP contribution in [0.4, 0.5) is 4.39 Å². The molecule has 88 valence electrons. The first kappa shape index (κ1) is 12.4. The van der Waals surface area contributed by atoms with Gasteiger partial charge in [-0.2, -0.15) is 0 Å². The van der Waals surface area contributed by atoms with Crippen molar-refractivity contribution in [3.05, 3.63) is 0 Å². The highest BCUT2D eigenvalue weighted by molar-refractivity contribution is 5.77. The van der Waals surface area contributed by atoms with Crippen LogP contribution in [0.25, 0.3) is 0 Å². The van der Waals surface area contributed by atoms with E-state index >= 15 is 0 Å².